The second-order valence-corrected chi connectivity index (χ2v) is 11.3. The first-order chi connectivity index (χ1) is 20.9. The molecule has 1 aromatic heterocycles. The fourth-order valence-corrected chi connectivity index (χ4v) is 5.82. The fraction of sp³-hybridized carbons (Fsp3) is 0.303. The number of halogens is 1. The summed E-state index contributed by atoms with van der Waals surface area (Å²) < 4.78 is 25.8. The smallest absolute Gasteiger partial charge is 0.321 e. The van der Waals surface area contributed by atoms with Crippen molar-refractivity contribution in [3.05, 3.63) is 84.2 Å². The standard InChI is InChI=1S/C33H32FN3O7/c1-20(43-21(2)38)32(3)19-33(30(39)40,31(41)42)15-16-37(32)18-22-9-11-24(12-10-22)28-35-29(44-36-28)25-13-14-26(27(34)17-25)23-7-5-4-6-8-23/h4-14,17,20H,15-16,18-19H2,1-3H3,(H,39,40)(H,41,42). The first kappa shape index (κ1) is 30.6. The van der Waals surface area contributed by atoms with E-state index in [0.717, 1.165) is 11.1 Å². The van der Waals surface area contributed by atoms with Crippen molar-refractivity contribution in [2.75, 3.05) is 6.54 Å². The highest BCUT2D eigenvalue weighted by Gasteiger charge is 2.58. The molecular formula is C33H32FN3O7. The van der Waals surface area contributed by atoms with Gasteiger partial charge in [-0.1, -0.05) is 65.8 Å². The third-order valence-corrected chi connectivity index (χ3v) is 8.54. The molecular weight excluding hydrogens is 569 g/mol. The summed E-state index contributed by atoms with van der Waals surface area (Å²) in [6.45, 7) is 5.14. The van der Waals surface area contributed by atoms with Crippen LogP contribution in [0.25, 0.3) is 34.0 Å². The molecule has 2 N–H and O–H groups in total. The van der Waals surface area contributed by atoms with Gasteiger partial charge in [-0.05, 0) is 49.9 Å². The lowest BCUT2D eigenvalue weighted by Gasteiger charge is -2.52. The molecule has 0 saturated carbocycles. The average molecular weight is 602 g/mol. The van der Waals surface area contributed by atoms with Gasteiger partial charge in [0.05, 0.1) is 5.54 Å². The van der Waals surface area contributed by atoms with Gasteiger partial charge in [0, 0.05) is 36.7 Å². The van der Waals surface area contributed by atoms with Gasteiger partial charge < -0.3 is 19.5 Å². The van der Waals surface area contributed by atoms with Crippen LogP contribution in [0.2, 0.25) is 0 Å². The summed E-state index contributed by atoms with van der Waals surface area (Å²) in [7, 11) is 0. The van der Waals surface area contributed by atoms with Crippen molar-refractivity contribution in [1.29, 1.82) is 0 Å². The number of hydrogen-bond donors (Lipinski definition) is 2. The zero-order valence-corrected chi connectivity index (χ0v) is 24.5. The van der Waals surface area contributed by atoms with Crippen LogP contribution in [0.4, 0.5) is 4.39 Å². The average Bonchev–Trinajstić information content (AvgIpc) is 3.49. The Balaban J connectivity index is 1.34. The van der Waals surface area contributed by atoms with Crippen LogP contribution < -0.4 is 0 Å². The number of carbonyl (C=O) groups excluding carboxylic acids is 1. The van der Waals surface area contributed by atoms with E-state index in [0.29, 0.717) is 29.1 Å². The van der Waals surface area contributed by atoms with Crippen molar-refractivity contribution in [3.63, 3.8) is 0 Å². The summed E-state index contributed by atoms with van der Waals surface area (Å²) in [5, 5.41) is 23.8. The fourth-order valence-electron chi connectivity index (χ4n) is 5.82. The van der Waals surface area contributed by atoms with Crippen LogP contribution in [0.15, 0.2) is 77.3 Å². The first-order valence-electron chi connectivity index (χ1n) is 14.1. The molecule has 0 spiro atoms. The van der Waals surface area contributed by atoms with Crippen LogP contribution >= 0.6 is 0 Å². The number of ether oxygens (including phenoxy) is 1. The van der Waals surface area contributed by atoms with E-state index in [-0.39, 0.29) is 25.3 Å². The van der Waals surface area contributed by atoms with E-state index in [1.165, 1.54) is 13.0 Å². The third kappa shape index (κ3) is 5.83. The second-order valence-electron chi connectivity index (χ2n) is 11.3. The van der Waals surface area contributed by atoms with E-state index >= 15 is 0 Å². The monoisotopic (exact) mass is 601 g/mol. The molecule has 1 saturated heterocycles. The molecule has 11 heteroatoms. The van der Waals surface area contributed by atoms with E-state index in [1.807, 2.05) is 47.4 Å². The van der Waals surface area contributed by atoms with E-state index in [2.05, 4.69) is 10.1 Å². The Morgan fingerprint density at radius 3 is 2.27 bits per heavy atom. The van der Waals surface area contributed by atoms with Crippen molar-refractivity contribution in [2.45, 2.75) is 51.8 Å². The van der Waals surface area contributed by atoms with Crippen molar-refractivity contribution in [1.82, 2.24) is 15.0 Å². The van der Waals surface area contributed by atoms with Crippen LogP contribution in [0.5, 0.6) is 0 Å². The molecule has 2 atom stereocenters. The molecule has 0 bridgehead atoms. The number of piperidine rings is 1. The van der Waals surface area contributed by atoms with Gasteiger partial charge >= 0.3 is 17.9 Å². The predicted octanol–water partition coefficient (Wildman–Crippen LogP) is 5.67. The van der Waals surface area contributed by atoms with E-state index < -0.39 is 40.8 Å². The first-order valence-corrected chi connectivity index (χ1v) is 14.1. The minimum Gasteiger partial charge on any atom is -0.480 e. The number of aliphatic carboxylic acids is 2. The summed E-state index contributed by atoms with van der Waals surface area (Å²) >= 11 is 0. The number of carbonyl (C=O) groups is 3. The van der Waals surface area contributed by atoms with Crippen molar-refractivity contribution in [2.24, 2.45) is 5.41 Å². The third-order valence-electron chi connectivity index (χ3n) is 8.54. The Labute approximate surface area is 253 Å². The van der Waals surface area contributed by atoms with Gasteiger partial charge in [-0.2, -0.15) is 4.98 Å². The number of esters is 1. The number of aromatic nitrogens is 2. The van der Waals surface area contributed by atoms with Crippen molar-refractivity contribution in [3.8, 4) is 34.0 Å². The van der Waals surface area contributed by atoms with Gasteiger partial charge in [-0.25, -0.2) is 4.39 Å². The summed E-state index contributed by atoms with van der Waals surface area (Å²) in [6, 6.07) is 21.3. The molecule has 1 aliphatic rings. The predicted molar refractivity (Wildman–Crippen MR) is 158 cm³/mol. The maximum atomic E-state index is 14.9. The highest BCUT2D eigenvalue weighted by atomic mass is 19.1. The van der Waals surface area contributed by atoms with Gasteiger partial charge in [0.2, 0.25) is 5.82 Å². The molecule has 3 aromatic carbocycles. The van der Waals surface area contributed by atoms with Crippen LogP contribution in [0.3, 0.4) is 0 Å². The summed E-state index contributed by atoms with van der Waals surface area (Å²) in [4.78, 5) is 42.4. The minimum absolute atomic E-state index is 0.101. The Bertz CT molecular complexity index is 1680. The van der Waals surface area contributed by atoms with Gasteiger partial charge in [-0.3, -0.25) is 19.3 Å². The number of hydrogen-bond acceptors (Lipinski definition) is 8. The Hall–Kier alpha value is -4.90. The molecule has 2 unspecified atom stereocenters. The molecule has 0 radical (unpaired) electrons. The van der Waals surface area contributed by atoms with E-state index in [1.54, 1.807) is 38.1 Å². The lowest BCUT2D eigenvalue weighted by molar-refractivity contribution is -0.181. The lowest BCUT2D eigenvalue weighted by atomic mass is 9.68. The molecule has 0 amide bonds. The van der Waals surface area contributed by atoms with Crippen molar-refractivity contribution >= 4 is 17.9 Å². The summed E-state index contributed by atoms with van der Waals surface area (Å²) in [6.07, 6.45) is -1.12. The quantitative estimate of drug-likeness (QED) is 0.182. The highest BCUT2D eigenvalue weighted by molar-refractivity contribution is 5.98. The number of rotatable bonds is 9. The molecule has 0 aliphatic carbocycles. The minimum atomic E-state index is -2.00. The number of nitrogens with zero attached hydrogens (tertiary/aromatic N) is 3. The maximum Gasteiger partial charge on any atom is 0.321 e. The SMILES string of the molecule is CC(=O)OC(C)C1(C)CC(C(=O)O)(C(=O)O)CCN1Cc1ccc(-c2noc(-c3ccc(-c4ccccc4)c(F)c3)n2)cc1. The zero-order chi connectivity index (χ0) is 31.6. The summed E-state index contributed by atoms with van der Waals surface area (Å²) in [5.41, 5.74) is 0.122. The van der Waals surface area contributed by atoms with E-state index in [4.69, 9.17) is 9.26 Å². The van der Waals surface area contributed by atoms with Gasteiger partial charge in [-0.15, -0.1) is 0 Å². The van der Waals surface area contributed by atoms with Gasteiger partial charge in [0.1, 0.15) is 11.9 Å². The van der Waals surface area contributed by atoms with Gasteiger partial charge in [0.15, 0.2) is 5.41 Å². The molecule has 1 aliphatic heterocycles. The van der Waals surface area contributed by atoms with Gasteiger partial charge in [0.25, 0.3) is 5.89 Å². The normalized spacial score (nSPS) is 18.8. The Kier molecular flexibility index (Phi) is 8.33. The molecule has 2 heterocycles. The number of likely N-dealkylation sites (tertiary alicyclic amines) is 1. The zero-order valence-electron chi connectivity index (χ0n) is 24.5. The molecule has 1 fully saturated rings. The van der Waals surface area contributed by atoms with Crippen LogP contribution in [0, 0.1) is 11.2 Å². The lowest BCUT2D eigenvalue weighted by Crippen LogP contribution is -2.64. The van der Waals surface area contributed by atoms with Crippen LogP contribution in [0.1, 0.15) is 39.2 Å². The second kappa shape index (κ2) is 12.0. The molecule has 10 nitrogen and oxygen atoms in total. The van der Waals surface area contributed by atoms with Crippen molar-refractivity contribution < 1.29 is 38.2 Å². The molecule has 5 rings (SSSR count). The largest absolute Gasteiger partial charge is 0.480 e. The topological polar surface area (TPSA) is 143 Å². The summed E-state index contributed by atoms with van der Waals surface area (Å²) in [5.74, 6) is -3.28. The number of carboxylic acids is 2. The maximum absolute atomic E-state index is 14.9. The van der Waals surface area contributed by atoms with Crippen LogP contribution in [-0.2, 0) is 25.7 Å². The molecule has 228 valence electrons. The highest BCUT2D eigenvalue weighted by Crippen LogP contribution is 2.44. The van der Waals surface area contributed by atoms with E-state index in [9.17, 15) is 29.0 Å². The Morgan fingerprint density at radius 1 is 1.00 bits per heavy atom. The molecule has 4 aromatic rings. The molecule has 44 heavy (non-hydrogen) atoms. The number of benzene rings is 3. The number of carboxylic acid groups (broad SMARTS) is 2. The van der Waals surface area contributed by atoms with Crippen LogP contribution in [-0.4, -0.2) is 61.3 Å². The Morgan fingerprint density at radius 2 is 1.66 bits per heavy atom.